The summed E-state index contributed by atoms with van der Waals surface area (Å²) in [5, 5.41) is 4.29. The third kappa shape index (κ3) is 3.50. The Hall–Kier alpha value is -2.81. The molecule has 2 N–H and O–H groups in total. The first-order valence-corrected chi connectivity index (χ1v) is 8.93. The second-order valence-corrected chi connectivity index (χ2v) is 6.63. The average Bonchev–Trinajstić information content (AvgIpc) is 3.03. The summed E-state index contributed by atoms with van der Waals surface area (Å²) in [4.78, 5) is 15.6. The molecule has 0 spiro atoms. The highest BCUT2D eigenvalue weighted by Gasteiger charge is 2.15. The molecule has 3 heteroatoms. The Morgan fingerprint density at radius 2 is 1.92 bits per heavy atom. The van der Waals surface area contributed by atoms with Crippen LogP contribution in [-0.2, 0) is 24.2 Å². The summed E-state index contributed by atoms with van der Waals surface area (Å²) in [5.41, 5.74) is 6.25. The number of aryl methyl sites for hydroxylation is 2. The Labute approximate surface area is 147 Å². The Kier molecular flexibility index (Phi) is 4.38. The van der Waals surface area contributed by atoms with E-state index in [-0.39, 0.29) is 5.91 Å². The van der Waals surface area contributed by atoms with Crippen molar-refractivity contribution in [2.75, 3.05) is 0 Å². The van der Waals surface area contributed by atoms with E-state index in [4.69, 9.17) is 0 Å². The lowest BCUT2D eigenvalue weighted by Crippen LogP contribution is -2.20. The van der Waals surface area contributed by atoms with Gasteiger partial charge in [0, 0.05) is 29.2 Å². The molecular weight excluding hydrogens is 308 g/mol. The number of fused-ring (bicyclic) bond motifs is 3. The number of hydrogen-bond donors (Lipinski definition) is 2. The molecule has 4 rings (SSSR count). The predicted octanol–water partition coefficient (Wildman–Crippen LogP) is 4.38. The molecule has 0 saturated carbocycles. The average molecular weight is 330 g/mol. The van der Waals surface area contributed by atoms with Crippen LogP contribution < -0.4 is 5.32 Å². The molecule has 0 saturated heterocycles. The van der Waals surface area contributed by atoms with Gasteiger partial charge in [0.15, 0.2) is 0 Å². The van der Waals surface area contributed by atoms with Crippen LogP contribution in [0.4, 0.5) is 0 Å². The normalized spacial score (nSPS) is 13.9. The number of carbonyl (C=O) groups excluding carboxylic acids is 1. The minimum absolute atomic E-state index is 0.0694. The van der Waals surface area contributed by atoms with Crippen molar-refractivity contribution in [3.63, 3.8) is 0 Å². The molecule has 1 amide bonds. The predicted molar refractivity (Wildman–Crippen MR) is 102 cm³/mol. The first kappa shape index (κ1) is 15.7. The summed E-state index contributed by atoms with van der Waals surface area (Å²) < 4.78 is 0. The molecular formula is C22H22N2O. The molecule has 0 radical (unpaired) electrons. The second kappa shape index (κ2) is 6.98. The number of nitrogens with one attached hydrogen (secondary N) is 2. The minimum atomic E-state index is -0.0694. The number of hydrogen-bond acceptors (Lipinski definition) is 1. The summed E-state index contributed by atoms with van der Waals surface area (Å²) in [7, 11) is 0. The van der Waals surface area contributed by atoms with Crippen LogP contribution in [0, 0.1) is 0 Å². The highest BCUT2D eigenvalue weighted by atomic mass is 16.1. The summed E-state index contributed by atoms with van der Waals surface area (Å²) in [5.74, 6) is -0.0694. The molecule has 1 aromatic heterocycles. The van der Waals surface area contributed by atoms with Crippen molar-refractivity contribution in [2.24, 2.45) is 0 Å². The fraction of sp³-hybridized carbons (Fsp3) is 0.227. The molecule has 1 aliphatic carbocycles. The third-order valence-corrected chi connectivity index (χ3v) is 4.86. The van der Waals surface area contributed by atoms with E-state index >= 15 is 0 Å². The number of benzene rings is 2. The van der Waals surface area contributed by atoms with Crippen LogP contribution in [0.3, 0.4) is 0 Å². The van der Waals surface area contributed by atoms with Gasteiger partial charge in [0.05, 0.1) is 0 Å². The maximum absolute atomic E-state index is 12.0. The van der Waals surface area contributed by atoms with E-state index in [2.05, 4.69) is 28.5 Å². The van der Waals surface area contributed by atoms with Crippen LogP contribution in [0.2, 0.25) is 0 Å². The van der Waals surface area contributed by atoms with Crippen LogP contribution in [0.25, 0.3) is 17.0 Å². The zero-order valence-electron chi connectivity index (χ0n) is 14.2. The Morgan fingerprint density at radius 1 is 1.08 bits per heavy atom. The van der Waals surface area contributed by atoms with Gasteiger partial charge in [-0.2, -0.15) is 0 Å². The smallest absolute Gasteiger partial charge is 0.244 e. The Balaban J connectivity index is 1.44. The van der Waals surface area contributed by atoms with Crippen LogP contribution in [0.15, 0.2) is 54.6 Å². The molecule has 25 heavy (non-hydrogen) atoms. The van der Waals surface area contributed by atoms with Crippen molar-refractivity contribution in [1.29, 1.82) is 0 Å². The molecule has 1 heterocycles. The van der Waals surface area contributed by atoms with Crippen LogP contribution in [0.1, 0.15) is 35.2 Å². The first-order chi connectivity index (χ1) is 12.3. The molecule has 2 aromatic carbocycles. The lowest BCUT2D eigenvalue weighted by atomic mass is 9.95. The van der Waals surface area contributed by atoms with Crippen LogP contribution >= 0.6 is 0 Å². The van der Waals surface area contributed by atoms with E-state index in [1.807, 2.05) is 36.4 Å². The zero-order valence-corrected chi connectivity index (χ0v) is 14.2. The number of aromatic amines is 1. The lowest BCUT2D eigenvalue weighted by molar-refractivity contribution is -0.116. The molecule has 0 aliphatic heterocycles. The number of carbonyl (C=O) groups is 1. The first-order valence-electron chi connectivity index (χ1n) is 8.93. The van der Waals surface area contributed by atoms with Crippen LogP contribution in [0.5, 0.6) is 0 Å². The number of rotatable bonds is 4. The van der Waals surface area contributed by atoms with Crippen molar-refractivity contribution in [3.05, 3.63) is 77.0 Å². The number of H-pyrrole nitrogens is 1. The SMILES string of the molecule is O=C(C=Cc1ccccc1)NCc1ccc2[nH]c3c(c2c1)CCCC3. The Morgan fingerprint density at radius 3 is 2.80 bits per heavy atom. The van der Waals surface area contributed by atoms with E-state index in [0.29, 0.717) is 6.54 Å². The quantitative estimate of drug-likeness (QED) is 0.685. The molecule has 3 aromatic rings. The number of aromatic nitrogens is 1. The van der Waals surface area contributed by atoms with Gasteiger partial charge in [-0.15, -0.1) is 0 Å². The molecule has 1 aliphatic rings. The molecule has 126 valence electrons. The monoisotopic (exact) mass is 330 g/mol. The van der Waals surface area contributed by atoms with Crippen LogP contribution in [-0.4, -0.2) is 10.9 Å². The van der Waals surface area contributed by atoms with Crippen molar-refractivity contribution >= 4 is 22.9 Å². The van der Waals surface area contributed by atoms with E-state index < -0.39 is 0 Å². The standard InChI is InChI=1S/C22H22N2O/c25-22(13-11-16-6-2-1-3-7-16)23-15-17-10-12-21-19(14-17)18-8-4-5-9-20(18)24-21/h1-3,6-7,10-14,24H,4-5,8-9,15H2,(H,23,25). The highest BCUT2D eigenvalue weighted by Crippen LogP contribution is 2.29. The summed E-state index contributed by atoms with van der Waals surface area (Å²) in [6.45, 7) is 0.549. The van der Waals surface area contributed by atoms with Gasteiger partial charge in [-0.05, 0) is 60.6 Å². The fourth-order valence-electron chi connectivity index (χ4n) is 3.55. The van der Waals surface area contributed by atoms with Gasteiger partial charge in [-0.3, -0.25) is 4.79 Å². The molecule has 0 atom stereocenters. The maximum atomic E-state index is 12.0. The lowest BCUT2D eigenvalue weighted by Gasteiger charge is -2.10. The zero-order chi connectivity index (χ0) is 17.1. The van der Waals surface area contributed by atoms with Gasteiger partial charge in [0.1, 0.15) is 0 Å². The summed E-state index contributed by atoms with van der Waals surface area (Å²) in [6, 6.07) is 16.3. The van der Waals surface area contributed by atoms with Gasteiger partial charge < -0.3 is 10.3 Å². The molecule has 0 unspecified atom stereocenters. The van der Waals surface area contributed by atoms with E-state index in [1.165, 1.54) is 35.0 Å². The fourth-order valence-corrected chi connectivity index (χ4v) is 3.55. The molecule has 3 nitrogen and oxygen atoms in total. The molecule has 0 fully saturated rings. The van der Waals surface area contributed by atoms with Gasteiger partial charge in [-0.25, -0.2) is 0 Å². The van der Waals surface area contributed by atoms with E-state index in [9.17, 15) is 4.79 Å². The van der Waals surface area contributed by atoms with Crippen molar-refractivity contribution in [1.82, 2.24) is 10.3 Å². The van der Waals surface area contributed by atoms with Crippen molar-refractivity contribution in [2.45, 2.75) is 32.2 Å². The summed E-state index contributed by atoms with van der Waals surface area (Å²) >= 11 is 0. The van der Waals surface area contributed by atoms with E-state index in [0.717, 1.165) is 24.0 Å². The van der Waals surface area contributed by atoms with Gasteiger partial charge >= 0.3 is 0 Å². The van der Waals surface area contributed by atoms with Crippen molar-refractivity contribution in [3.8, 4) is 0 Å². The van der Waals surface area contributed by atoms with E-state index in [1.54, 1.807) is 6.08 Å². The Bertz CT molecular complexity index is 922. The summed E-state index contributed by atoms with van der Waals surface area (Å²) in [6.07, 6.45) is 8.28. The third-order valence-electron chi connectivity index (χ3n) is 4.86. The number of amides is 1. The van der Waals surface area contributed by atoms with Gasteiger partial charge in [0.25, 0.3) is 0 Å². The van der Waals surface area contributed by atoms with Gasteiger partial charge in [-0.1, -0.05) is 36.4 Å². The molecule has 0 bridgehead atoms. The minimum Gasteiger partial charge on any atom is -0.358 e. The largest absolute Gasteiger partial charge is 0.358 e. The highest BCUT2D eigenvalue weighted by molar-refractivity contribution is 5.91. The second-order valence-electron chi connectivity index (χ2n) is 6.63. The topological polar surface area (TPSA) is 44.9 Å². The van der Waals surface area contributed by atoms with Gasteiger partial charge in [0.2, 0.25) is 5.91 Å². The maximum Gasteiger partial charge on any atom is 0.244 e. The van der Waals surface area contributed by atoms with Crippen molar-refractivity contribution < 1.29 is 4.79 Å².